The third kappa shape index (κ3) is 5.12. The summed E-state index contributed by atoms with van der Waals surface area (Å²) in [5, 5.41) is 3.27. The zero-order valence-corrected chi connectivity index (χ0v) is 18.3. The summed E-state index contributed by atoms with van der Waals surface area (Å²) in [7, 11) is -3.76. The smallest absolute Gasteiger partial charge is 0.256 e. The van der Waals surface area contributed by atoms with Gasteiger partial charge in [-0.1, -0.05) is 17.7 Å². The van der Waals surface area contributed by atoms with Crippen LogP contribution in [0.25, 0.3) is 0 Å². The van der Waals surface area contributed by atoms with E-state index in [2.05, 4.69) is 26.0 Å². The Labute approximate surface area is 177 Å². The summed E-state index contributed by atoms with van der Waals surface area (Å²) in [6, 6.07) is 9.50. The molecule has 0 aromatic heterocycles. The predicted molar refractivity (Wildman–Crippen MR) is 112 cm³/mol. The van der Waals surface area contributed by atoms with E-state index < -0.39 is 15.9 Å². The second-order valence-corrected chi connectivity index (χ2v) is 9.58. The van der Waals surface area contributed by atoms with E-state index in [1.807, 2.05) is 6.92 Å². The summed E-state index contributed by atoms with van der Waals surface area (Å²) in [6.45, 7) is 2.72. The molecule has 1 atom stereocenters. The van der Waals surface area contributed by atoms with Crippen molar-refractivity contribution in [3.8, 4) is 0 Å². The molecule has 0 aliphatic carbocycles. The van der Waals surface area contributed by atoms with Gasteiger partial charge in [-0.05, 0) is 71.6 Å². The molecule has 1 amide bonds. The van der Waals surface area contributed by atoms with Crippen LogP contribution in [0.5, 0.6) is 0 Å². The lowest BCUT2D eigenvalue weighted by atomic mass is 10.2. The number of carbonyl (C=O) groups excluding carboxylic acids is 1. The maximum Gasteiger partial charge on any atom is 0.256 e. The molecule has 2 aromatic rings. The molecule has 1 saturated heterocycles. The number of amides is 1. The van der Waals surface area contributed by atoms with Crippen LogP contribution in [0, 0.1) is 6.92 Å². The highest BCUT2D eigenvalue weighted by Gasteiger charge is 2.22. The largest absolute Gasteiger partial charge is 0.377 e. The van der Waals surface area contributed by atoms with E-state index in [0.29, 0.717) is 21.8 Å². The van der Waals surface area contributed by atoms with Gasteiger partial charge in [0, 0.05) is 28.3 Å². The van der Waals surface area contributed by atoms with Crippen LogP contribution in [0.1, 0.15) is 28.8 Å². The van der Waals surface area contributed by atoms with Crippen molar-refractivity contribution in [2.24, 2.45) is 0 Å². The zero-order valence-electron chi connectivity index (χ0n) is 15.2. The average molecular weight is 488 g/mol. The standard InChI is InChI=1S/C19H20BrClN2O4S/c1-12-4-5-13(9-18(12)21)23-19(24)16-10-15(6-7-17(16)20)28(25,26)22-11-14-3-2-8-27-14/h4-7,9-10,14,22H,2-3,8,11H2,1H3,(H,23,24). The van der Waals surface area contributed by atoms with Crippen LogP contribution in [0.4, 0.5) is 5.69 Å². The molecule has 1 unspecified atom stereocenters. The first kappa shape index (κ1) is 21.3. The Kier molecular flexibility index (Phi) is 6.77. The number of aryl methyl sites for hydroxylation is 1. The molecular weight excluding hydrogens is 468 g/mol. The van der Waals surface area contributed by atoms with E-state index in [-0.39, 0.29) is 23.1 Å². The molecule has 1 aliphatic rings. The highest BCUT2D eigenvalue weighted by Crippen LogP contribution is 2.24. The fourth-order valence-electron chi connectivity index (χ4n) is 2.81. The summed E-state index contributed by atoms with van der Waals surface area (Å²) >= 11 is 9.40. The van der Waals surface area contributed by atoms with Gasteiger partial charge in [0.25, 0.3) is 5.91 Å². The van der Waals surface area contributed by atoms with Crippen molar-refractivity contribution >= 4 is 49.1 Å². The first-order chi connectivity index (χ1) is 13.3. The molecule has 2 N–H and O–H groups in total. The topological polar surface area (TPSA) is 84.5 Å². The van der Waals surface area contributed by atoms with Gasteiger partial charge >= 0.3 is 0 Å². The van der Waals surface area contributed by atoms with Crippen LogP contribution < -0.4 is 10.0 Å². The highest BCUT2D eigenvalue weighted by molar-refractivity contribution is 9.10. The van der Waals surface area contributed by atoms with Crippen LogP contribution in [0.15, 0.2) is 45.8 Å². The third-order valence-electron chi connectivity index (χ3n) is 4.45. The van der Waals surface area contributed by atoms with Crippen LogP contribution in [0.3, 0.4) is 0 Å². The Bertz CT molecular complexity index is 991. The van der Waals surface area contributed by atoms with Gasteiger partial charge in [0.1, 0.15) is 0 Å². The number of benzene rings is 2. The molecular formula is C19H20BrClN2O4S. The van der Waals surface area contributed by atoms with Gasteiger partial charge in [0.05, 0.1) is 16.6 Å². The van der Waals surface area contributed by atoms with Gasteiger partial charge in [-0.2, -0.15) is 0 Å². The van der Waals surface area contributed by atoms with Gasteiger partial charge in [0.2, 0.25) is 10.0 Å². The number of carbonyl (C=O) groups is 1. The second kappa shape index (κ2) is 8.92. The molecule has 0 bridgehead atoms. The highest BCUT2D eigenvalue weighted by atomic mass is 79.9. The molecule has 0 radical (unpaired) electrons. The quantitative estimate of drug-likeness (QED) is 0.642. The number of anilines is 1. The number of hydrogen-bond acceptors (Lipinski definition) is 4. The Balaban J connectivity index is 1.77. The maximum atomic E-state index is 12.7. The van der Waals surface area contributed by atoms with E-state index in [1.165, 1.54) is 18.2 Å². The van der Waals surface area contributed by atoms with Crippen molar-refractivity contribution in [2.45, 2.75) is 30.8 Å². The molecule has 0 spiro atoms. The molecule has 150 valence electrons. The molecule has 2 aromatic carbocycles. The fraction of sp³-hybridized carbons (Fsp3) is 0.316. The van der Waals surface area contributed by atoms with Crippen molar-refractivity contribution < 1.29 is 17.9 Å². The minimum absolute atomic E-state index is 0.0146. The van der Waals surface area contributed by atoms with Crippen LogP contribution in [0.2, 0.25) is 5.02 Å². The lowest BCUT2D eigenvalue weighted by Gasteiger charge is -2.13. The van der Waals surface area contributed by atoms with E-state index in [4.69, 9.17) is 16.3 Å². The summed E-state index contributed by atoms with van der Waals surface area (Å²) in [5.41, 5.74) is 1.63. The number of sulfonamides is 1. The van der Waals surface area contributed by atoms with E-state index in [9.17, 15) is 13.2 Å². The van der Waals surface area contributed by atoms with Crippen LogP contribution >= 0.6 is 27.5 Å². The number of hydrogen-bond donors (Lipinski definition) is 2. The molecule has 6 nitrogen and oxygen atoms in total. The van der Waals surface area contributed by atoms with E-state index in [1.54, 1.807) is 18.2 Å². The number of ether oxygens (including phenoxy) is 1. The van der Waals surface area contributed by atoms with Gasteiger partial charge < -0.3 is 10.1 Å². The molecule has 1 aliphatic heterocycles. The summed E-state index contributed by atoms with van der Waals surface area (Å²) in [4.78, 5) is 12.7. The fourth-order valence-corrected chi connectivity index (χ4v) is 4.51. The monoisotopic (exact) mass is 486 g/mol. The van der Waals surface area contributed by atoms with Gasteiger partial charge in [-0.15, -0.1) is 0 Å². The van der Waals surface area contributed by atoms with Crippen molar-refractivity contribution in [1.82, 2.24) is 4.72 Å². The first-order valence-corrected chi connectivity index (χ1v) is 11.4. The molecule has 9 heteroatoms. The second-order valence-electron chi connectivity index (χ2n) is 6.55. The minimum atomic E-state index is -3.76. The average Bonchev–Trinajstić information content (AvgIpc) is 3.17. The molecule has 1 fully saturated rings. The Morgan fingerprint density at radius 2 is 2.07 bits per heavy atom. The zero-order chi connectivity index (χ0) is 20.3. The summed E-state index contributed by atoms with van der Waals surface area (Å²) in [6.07, 6.45) is 1.65. The Morgan fingerprint density at radius 1 is 1.29 bits per heavy atom. The van der Waals surface area contributed by atoms with Crippen molar-refractivity contribution in [3.05, 3.63) is 57.0 Å². The SMILES string of the molecule is Cc1ccc(NC(=O)c2cc(S(=O)(=O)NCC3CCCO3)ccc2Br)cc1Cl. The van der Waals surface area contributed by atoms with Gasteiger partial charge in [-0.25, -0.2) is 13.1 Å². The molecule has 3 rings (SSSR count). The van der Waals surface area contributed by atoms with Crippen molar-refractivity contribution in [3.63, 3.8) is 0 Å². The van der Waals surface area contributed by atoms with Crippen LogP contribution in [-0.4, -0.2) is 33.6 Å². The lowest BCUT2D eigenvalue weighted by Crippen LogP contribution is -2.32. The van der Waals surface area contributed by atoms with Gasteiger partial charge in [0.15, 0.2) is 0 Å². The van der Waals surface area contributed by atoms with E-state index in [0.717, 1.165) is 18.4 Å². The predicted octanol–water partition coefficient (Wildman–Crippen LogP) is 4.12. The van der Waals surface area contributed by atoms with Crippen LogP contribution in [-0.2, 0) is 14.8 Å². The maximum absolute atomic E-state index is 12.7. The van der Waals surface area contributed by atoms with Gasteiger partial charge in [-0.3, -0.25) is 4.79 Å². The first-order valence-electron chi connectivity index (χ1n) is 8.74. The van der Waals surface area contributed by atoms with Crippen molar-refractivity contribution in [2.75, 3.05) is 18.5 Å². The summed E-state index contributed by atoms with van der Waals surface area (Å²) in [5.74, 6) is -0.442. The van der Waals surface area contributed by atoms with Crippen molar-refractivity contribution in [1.29, 1.82) is 0 Å². The minimum Gasteiger partial charge on any atom is -0.377 e. The molecule has 0 saturated carbocycles. The number of rotatable bonds is 6. The third-order valence-corrected chi connectivity index (χ3v) is 6.97. The van der Waals surface area contributed by atoms with E-state index >= 15 is 0 Å². The normalized spacial score (nSPS) is 16.9. The Hall–Kier alpha value is -1.45. The Morgan fingerprint density at radius 3 is 2.75 bits per heavy atom. The molecule has 28 heavy (non-hydrogen) atoms. The number of nitrogens with one attached hydrogen (secondary N) is 2. The lowest BCUT2D eigenvalue weighted by molar-refractivity contribution is 0.102. The number of halogens is 2. The summed E-state index contributed by atoms with van der Waals surface area (Å²) < 4.78 is 33.6. The molecule has 1 heterocycles.